The van der Waals surface area contributed by atoms with Crippen LogP contribution < -0.4 is 11.1 Å². The second-order valence-electron chi connectivity index (χ2n) is 4.49. The summed E-state index contributed by atoms with van der Waals surface area (Å²) in [6.45, 7) is 0.148. The molecule has 1 amide bonds. The normalized spacial score (nSPS) is 21.3. The third-order valence-electron chi connectivity index (χ3n) is 3.09. The summed E-state index contributed by atoms with van der Waals surface area (Å²) in [6.07, 6.45) is 4.16. The number of carbonyl (C=O) groups is 1. The van der Waals surface area contributed by atoms with Crippen LogP contribution in [-0.2, 0) is 11.3 Å². The summed E-state index contributed by atoms with van der Waals surface area (Å²) >= 11 is 0. The van der Waals surface area contributed by atoms with E-state index >= 15 is 0 Å². The Balaban J connectivity index is 1.98. The van der Waals surface area contributed by atoms with Crippen molar-refractivity contribution in [3.05, 3.63) is 52.1 Å². The fourth-order valence-corrected chi connectivity index (χ4v) is 2.07. The van der Waals surface area contributed by atoms with Crippen LogP contribution >= 0.6 is 0 Å². The van der Waals surface area contributed by atoms with Crippen LogP contribution in [0.2, 0.25) is 0 Å². The number of carbonyl (C=O) groups excluding carboxylic acids is 1. The van der Waals surface area contributed by atoms with Crippen LogP contribution in [0.15, 0.2) is 36.4 Å². The van der Waals surface area contributed by atoms with Gasteiger partial charge in [0.1, 0.15) is 0 Å². The summed E-state index contributed by atoms with van der Waals surface area (Å²) in [5.74, 6) is -0.389. The number of rotatable bonds is 4. The van der Waals surface area contributed by atoms with E-state index in [4.69, 9.17) is 5.73 Å². The molecule has 1 aromatic rings. The molecule has 6 heteroatoms. The lowest BCUT2D eigenvalue weighted by molar-refractivity contribution is -0.385. The Bertz CT molecular complexity index is 528. The van der Waals surface area contributed by atoms with E-state index in [1.807, 2.05) is 0 Å². The van der Waals surface area contributed by atoms with Crippen molar-refractivity contribution in [3.8, 4) is 0 Å². The third kappa shape index (κ3) is 3.17. The molecule has 0 saturated heterocycles. The quantitative estimate of drug-likeness (QED) is 0.482. The minimum Gasteiger partial charge on any atom is -0.351 e. The van der Waals surface area contributed by atoms with Crippen molar-refractivity contribution in [2.45, 2.75) is 19.0 Å². The number of hydrogen-bond acceptors (Lipinski definition) is 4. The molecule has 0 aromatic heterocycles. The largest absolute Gasteiger partial charge is 0.351 e. The molecule has 0 radical (unpaired) electrons. The number of nitro benzene ring substituents is 1. The molecule has 1 aromatic carbocycles. The molecule has 0 bridgehead atoms. The topological polar surface area (TPSA) is 98.3 Å². The van der Waals surface area contributed by atoms with Gasteiger partial charge in [-0.3, -0.25) is 14.9 Å². The maximum absolute atomic E-state index is 11.9. The Morgan fingerprint density at radius 1 is 1.42 bits per heavy atom. The first-order valence-electron chi connectivity index (χ1n) is 6.02. The summed E-state index contributed by atoms with van der Waals surface area (Å²) in [4.78, 5) is 22.2. The number of nitro groups is 1. The molecule has 0 spiro atoms. The Labute approximate surface area is 110 Å². The van der Waals surface area contributed by atoms with E-state index in [1.54, 1.807) is 30.4 Å². The number of nitrogens with zero attached hydrogens (tertiary/aromatic N) is 1. The van der Waals surface area contributed by atoms with Crippen molar-refractivity contribution in [1.29, 1.82) is 0 Å². The summed E-state index contributed by atoms with van der Waals surface area (Å²) < 4.78 is 0. The molecule has 19 heavy (non-hydrogen) atoms. The van der Waals surface area contributed by atoms with Gasteiger partial charge in [-0.1, -0.05) is 30.4 Å². The molecular formula is C13H15N3O3. The lowest BCUT2D eigenvalue weighted by Crippen LogP contribution is -2.30. The van der Waals surface area contributed by atoms with Crippen molar-refractivity contribution >= 4 is 11.6 Å². The van der Waals surface area contributed by atoms with Gasteiger partial charge in [-0.05, 0) is 6.42 Å². The minimum absolute atomic E-state index is 0.0152. The van der Waals surface area contributed by atoms with E-state index in [0.717, 1.165) is 0 Å². The van der Waals surface area contributed by atoms with Gasteiger partial charge in [-0.15, -0.1) is 0 Å². The monoisotopic (exact) mass is 261 g/mol. The molecule has 2 unspecified atom stereocenters. The van der Waals surface area contributed by atoms with E-state index < -0.39 is 4.92 Å². The van der Waals surface area contributed by atoms with Crippen LogP contribution in [0, 0.1) is 16.0 Å². The SMILES string of the molecule is NC1C=CC(C(=O)NCc2ccccc2[N+](=O)[O-])C1. The van der Waals surface area contributed by atoms with Gasteiger partial charge in [0.2, 0.25) is 5.91 Å². The second kappa shape index (κ2) is 5.62. The van der Waals surface area contributed by atoms with Crippen LogP contribution in [0.4, 0.5) is 5.69 Å². The van der Waals surface area contributed by atoms with E-state index in [-0.39, 0.29) is 30.1 Å². The predicted octanol–water partition coefficient (Wildman–Crippen LogP) is 1.11. The van der Waals surface area contributed by atoms with Gasteiger partial charge in [0.05, 0.1) is 10.8 Å². The Morgan fingerprint density at radius 2 is 2.16 bits per heavy atom. The Morgan fingerprint density at radius 3 is 2.79 bits per heavy atom. The number of para-hydroxylation sites is 1. The molecule has 100 valence electrons. The molecule has 6 nitrogen and oxygen atoms in total. The van der Waals surface area contributed by atoms with E-state index in [2.05, 4.69) is 5.32 Å². The van der Waals surface area contributed by atoms with Gasteiger partial charge in [0.25, 0.3) is 5.69 Å². The van der Waals surface area contributed by atoms with Crippen LogP contribution in [-0.4, -0.2) is 16.9 Å². The highest BCUT2D eigenvalue weighted by Crippen LogP contribution is 2.19. The molecule has 1 aliphatic rings. The third-order valence-corrected chi connectivity index (χ3v) is 3.09. The fraction of sp³-hybridized carbons (Fsp3) is 0.308. The number of amides is 1. The Hall–Kier alpha value is -2.21. The zero-order valence-electron chi connectivity index (χ0n) is 10.3. The van der Waals surface area contributed by atoms with Gasteiger partial charge in [-0.25, -0.2) is 0 Å². The summed E-state index contributed by atoms with van der Waals surface area (Å²) in [5, 5.41) is 13.5. The van der Waals surface area contributed by atoms with E-state index in [1.165, 1.54) is 6.07 Å². The van der Waals surface area contributed by atoms with Gasteiger partial charge in [-0.2, -0.15) is 0 Å². The van der Waals surface area contributed by atoms with Crippen LogP contribution in [0.3, 0.4) is 0 Å². The van der Waals surface area contributed by atoms with Crippen molar-refractivity contribution in [1.82, 2.24) is 5.32 Å². The number of nitrogens with one attached hydrogen (secondary N) is 1. The molecule has 0 heterocycles. The smallest absolute Gasteiger partial charge is 0.274 e. The first kappa shape index (κ1) is 13.2. The average molecular weight is 261 g/mol. The predicted molar refractivity (Wildman–Crippen MR) is 70.2 cm³/mol. The average Bonchev–Trinajstić information content (AvgIpc) is 2.83. The second-order valence-corrected chi connectivity index (χ2v) is 4.49. The number of nitrogens with two attached hydrogens (primary N) is 1. The standard InChI is InChI=1S/C13H15N3O3/c14-11-6-5-9(7-11)13(17)15-8-10-3-1-2-4-12(10)16(18)19/h1-6,9,11H,7-8,14H2,(H,15,17). The van der Waals surface area contributed by atoms with Crippen LogP contribution in [0.25, 0.3) is 0 Å². The number of hydrogen-bond donors (Lipinski definition) is 2. The lowest BCUT2D eigenvalue weighted by Gasteiger charge is -2.10. The van der Waals surface area contributed by atoms with E-state index in [9.17, 15) is 14.9 Å². The maximum atomic E-state index is 11.9. The molecule has 3 N–H and O–H groups in total. The van der Waals surface area contributed by atoms with Gasteiger partial charge < -0.3 is 11.1 Å². The number of benzene rings is 1. The molecule has 2 atom stereocenters. The Kier molecular flexibility index (Phi) is 3.91. The van der Waals surface area contributed by atoms with Crippen LogP contribution in [0.1, 0.15) is 12.0 Å². The highest BCUT2D eigenvalue weighted by Gasteiger charge is 2.23. The van der Waals surface area contributed by atoms with Gasteiger partial charge >= 0.3 is 0 Å². The summed E-state index contributed by atoms with van der Waals surface area (Å²) in [6, 6.07) is 6.28. The lowest BCUT2D eigenvalue weighted by atomic mass is 10.1. The van der Waals surface area contributed by atoms with Crippen LogP contribution in [0.5, 0.6) is 0 Å². The van der Waals surface area contributed by atoms with Crippen molar-refractivity contribution < 1.29 is 9.72 Å². The van der Waals surface area contributed by atoms with Crippen molar-refractivity contribution in [2.24, 2.45) is 11.7 Å². The molecule has 0 fully saturated rings. The summed E-state index contributed by atoms with van der Waals surface area (Å²) in [5.41, 5.74) is 6.19. The molecule has 0 aliphatic heterocycles. The maximum Gasteiger partial charge on any atom is 0.274 e. The highest BCUT2D eigenvalue weighted by atomic mass is 16.6. The van der Waals surface area contributed by atoms with Gasteiger partial charge in [0, 0.05) is 24.2 Å². The molecule has 2 rings (SSSR count). The zero-order valence-corrected chi connectivity index (χ0v) is 10.3. The van der Waals surface area contributed by atoms with Crippen molar-refractivity contribution in [2.75, 3.05) is 0 Å². The first-order valence-corrected chi connectivity index (χ1v) is 6.02. The molecule has 1 aliphatic carbocycles. The van der Waals surface area contributed by atoms with Gasteiger partial charge in [0.15, 0.2) is 0 Å². The van der Waals surface area contributed by atoms with Crippen molar-refractivity contribution in [3.63, 3.8) is 0 Å². The van der Waals surface area contributed by atoms with E-state index in [0.29, 0.717) is 12.0 Å². The highest BCUT2D eigenvalue weighted by molar-refractivity contribution is 5.81. The first-order chi connectivity index (χ1) is 9.08. The minimum atomic E-state index is -0.452. The fourth-order valence-electron chi connectivity index (χ4n) is 2.07. The summed E-state index contributed by atoms with van der Waals surface area (Å²) in [7, 11) is 0. The zero-order chi connectivity index (χ0) is 13.8. The molecular weight excluding hydrogens is 246 g/mol. The molecule has 0 saturated carbocycles.